The minimum absolute atomic E-state index is 0.231. The predicted octanol–water partition coefficient (Wildman–Crippen LogP) is 3.44. The summed E-state index contributed by atoms with van der Waals surface area (Å²) in [6, 6.07) is 4.86. The van der Waals surface area contributed by atoms with E-state index < -0.39 is 0 Å². The number of nitrogens with zero attached hydrogens (tertiary/aromatic N) is 1. The summed E-state index contributed by atoms with van der Waals surface area (Å²) >= 11 is 5.75. The lowest BCUT2D eigenvalue weighted by atomic mass is 9.96. The molecular formula is C15H22ClFN2. The highest BCUT2D eigenvalue weighted by Gasteiger charge is 2.35. The first-order valence-electron chi connectivity index (χ1n) is 6.86. The molecule has 0 bridgehead atoms. The van der Waals surface area contributed by atoms with Crippen LogP contribution < -0.4 is 5.32 Å². The molecule has 1 aliphatic carbocycles. The van der Waals surface area contributed by atoms with Gasteiger partial charge in [-0.05, 0) is 39.1 Å². The van der Waals surface area contributed by atoms with Crippen LogP contribution in [0.3, 0.4) is 0 Å². The quantitative estimate of drug-likeness (QED) is 0.891. The van der Waals surface area contributed by atoms with Gasteiger partial charge in [0.15, 0.2) is 0 Å². The fourth-order valence-electron chi connectivity index (χ4n) is 2.91. The average Bonchev–Trinajstić information content (AvgIpc) is 2.82. The van der Waals surface area contributed by atoms with E-state index in [1.54, 1.807) is 12.1 Å². The van der Waals surface area contributed by atoms with E-state index in [0.717, 1.165) is 6.54 Å². The Labute approximate surface area is 119 Å². The third kappa shape index (κ3) is 3.47. The lowest BCUT2D eigenvalue weighted by Gasteiger charge is -2.36. The van der Waals surface area contributed by atoms with Gasteiger partial charge in [-0.25, -0.2) is 4.39 Å². The van der Waals surface area contributed by atoms with Crippen LogP contribution in [-0.4, -0.2) is 31.1 Å². The molecule has 1 aromatic carbocycles. The fraction of sp³-hybridized carbons (Fsp3) is 0.600. The SMILES string of the molecule is CN(C)C1(CNCc2ccc(Cl)cc2F)CCCC1. The van der Waals surface area contributed by atoms with Crippen LogP contribution in [0.5, 0.6) is 0 Å². The molecule has 0 saturated heterocycles. The van der Waals surface area contributed by atoms with Crippen LogP contribution in [0, 0.1) is 5.82 Å². The average molecular weight is 285 g/mol. The number of nitrogens with one attached hydrogen (secondary N) is 1. The van der Waals surface area contributed by atoms with Crippen molar-refractivity contribution in [2.45, 2.75) is 37.8 Å². The van der Waals surface area contributed by atoms with Crippen molar-refractivity contribution in [3.05, 3.63) is 34.6 Å². The van der Waals surface area contributed by atoms with Gasteiger partial charge in [0.2, 0.25) is 0 Å². The lowest BCUT2D eigenvalue weighted by Crippen LogP contribution is -2.49. The van der Waals surface area contributed by atoms with Crippen molar-refractivity contribution in [3.63, 3.8) is 0 Å². The van der Waals surface area contributed by atoms with E-state index in [4.69, 9.17) is 11.6 Å². The van der Waals surface area contributed by atoms with Gasteiger partial charge in [-0.3, -0.25) is 0 Å². The number of benzene rings is 1. The van der Waals surface area contributed by atoms with Crippen molar-refractivity contribution in [2.24, 2.45) is 0 Å². The first-order chi connectivity index (χ1) is 9.03. The molecule has 0 unspecified atom stereocenters. The number of hydrogen-bond acceptors (Lipinski definition) is 2. The Hall–Kier alpha value is -0.640. The largest absolute Gasteiger partial charge is 0.311 e. The number of halogens is 2. The van der Waals surface area contributed by atoms with Crippen LogP contribution >= 0.6 is 11.6 Å². The first kappa shape index (κ1) is 14.8. The molecule has 1 N–H and O–H groups in total. The van der Waals surface area contributed by atoms with E-state index in [2.05, 4.69) is 24.3 Å². The van der Waals surface area contributed by atoms with Crippen LogP contribution in [0.15, 0.2) is 18.2 Å². The molecule has 0 amide bonds. The minimum atomic E-state index is -0.231. The van der Waals surface area contributed by atoms with Gasteiger partial charge < -0.3 is 10.2 Å². The molecule has 106 valence electrons. The van der Waals surface area contributed by atoms with Gasteiger partial charge in [0, 0.05) is 29.2 Å². The molecule has 0 radical (unpaired) electrons. The summed E-state index contributed by atoms with van der Waals surface area (Å²) < 4.78 is 13.7. The van der Waals surface area contributed by atoms with Gasteiger partial charge in [0.1, 0.15) is 5.82 Å². The highest BCUT2D eigenvalue weighted by Crippen LogP contribution is 2.33. The zero-order chi connectivity index (χ0) is 13.9. The van der Waals surface area contributed by atoms with Crippen molar-refractivity contribution in [1.82, 2.24) is 10.2 Å². The molecule has 1 aliphatic rings. The number of rotatable bonds is 5. The van der Waals surface area contributed by atoms with E-state index in [0.29, 0.717) is 17.1 Å². The second-order valence-corrected chi connectivity index (χ2v) is 6.10. The number of hydrogen-bond donors (Lipinski definition) is 1. The third-order valence-electron chi connectivity index (χ3n) is 4.27. The molecule has 2 nitrogen and oxygen atoms in total. The predicted molar refractivity (Wildman–Crippen MR) is 78.0 cm³/mol. The standard InChI is InChI=1S/C15H22ClFN2/c1-19(2)15(7-3-4-8-15)11-18-10-12-5-6-13(16)9-14(12)17/h5-6,9,18H,3-4,7-8,10-11H2,1-2H3. The Morgan fingerprint density at radius 2 is 2.00 bits per heavy atom. The normalized spacial score (nSPS) is 18.2. The molecule has 0 spiro atoms. The zero-order valence-electron chi connectivity index (χ0n) is 11.7. The van der Waals surface area contributed by atoms with E-state index >= 15 is 0 Å². The maximum atomic E-state index is 13.7. The molecule has 0 aromatic heterocycles. The third-order valence-corrected chi connectivity index (χ3v) is 4.50. The summed E-state index contributed by atoms with van der Waals surface area (Å²) in [7, 11) is 4.27. The van der Waals surface area contributed by atoms with Gasteiger partial charge >= 0.3 is 0 Å². The van der Waals surface area contributed by atoms with E-state index in [1.807, 2.05) is 0 Å². The molecule has 0 heterocycles. The maximum absolute atomic E-state index is 13.7. The molecule has 0 atom stereocenters. The van der Waals surface area contributed by atoms with Crippen molar-refractivity contribution < 1.29 is 4.39 Å². The van der Waals surface area contributed by atoms with Crippen LogP contribution in [0.2, 0.25) is 5.02 Å². The Morgan fingerprint density at radius 1 is 1.32 bits per heavy atom. The summed E-state index contributed by atoms with van der Waals surface area (Å²) in [5.41, 5.74) is 0.916. The Balaban J connectivity index is 1.92. The van der Waals surface area contributed by atoms with Gasteiger partial charge in [0.05, 0.1) is 0 Å². The highest BCUT2D eigenvalue weighted by atomic mass is 35.5. The first-order valence-corrected chi connectivity index (χ1v) is 7.23. The van der Waals surface area contributed by atoms with Crippen molar-refractivity contribution in [3.8, 4) is 0 Å². The van der Waals surface area contributed by atoms with Gasteiger partial charge in [0.25, 0.3) is 0 Å². The highest BCUT2D eigenvalue weighted by molar-refractivity contribution is 6.30. The van der Waals surface area contributed by atoms with Gasteiger partial charge in [-0.15, -0.1) is 0 Å². The van der Waals surface area contributed by atoms with E-state index in [1.165, 1.54) is 31.7 Å². The van der Waals surface area contributed by atoms with Crippen LogP contribution in [-0.2, 0) is 6.54 Å². The fourth-order valence-corrected chi connectivity index (χ4v) is 3.07. The summed E-state index contributed by atoms with van der Waals surface area (Å²) in [6.07, 6.45) is 5.01. The van der Waals surface area contributed by atoms with Crippen molar-refractivity contribution in [2.75, 3.05) is 20.6 Å². The Bertz CT molecular complexity index is 428. The second-order valence-electron chi connectivity index (χ2n) is 5.67. The van der Waals surface area contributed by atoms with Gasteiger partial charge in [-0.2, -0.15) is 0 Å². The van der Waals surface area contributed by atoms with Gasteiger partial charge in [-0.1, -0.05) is 30.5 Å². The molecule has 19 heavy (non-hydrogen) atoms. The topological polar surface area (TPSA) is 15.3 Å². The number of likely N-dealkylation sites (N-methyl/N-ethyl adjacent to an activating group) is 1. The maximum Gasteiger partial charge on any atom is 0.129 e. The van der Waals surface area contributed by atoms with E-state index in [-0.39, 0.29) is 11.4 Å². The summed E-state index contributed by atoms with van der Waals surface area (Å²) in [5.74, 6) is -0.231. The molecular weight excluding hydrogens is 263 g/mol. The summed E-state index contributed by atoms with van der Waals surface area (Å²) in [6.45, 7) is 1.46. The van der Waals surface area contributed by atoms with E-state index in [9.17, 15) is 4.39 Å². The van der Waals surface area contributed by atoms with Crippen LogP contribution in [0.1, 0.15) is 31.2 Å². The minimum Gasteiger partial charge on any atom is -0.311 e. The molecule has 1 aromatic rings. The van der Waals surface area contributed by atoms with Crippen molar-refractivity contribution >= 4 is 11.6 Å². The molecule has 4 heteroatoms. The smallest absolute Gasteiger partial charge is 0.129 e. The Morgan fingerprint density at radius 3 is 2.58 bits per heavy atom. The summed E-state index contributed by atoms with van der Waals surface area (Å²) in [4.78, 5) is 2.31. The zero-order valence-corrected chi connectivity index (χ0v) is 12.4. The lowest BCUT2D eigenvalue weighted by molar-refractivity contribution is 0.153. The summed E-state index contributed by atoms with van der Waals surface area (Å²) in [5, 5.41) is 3.85. The molecule has 2 rings (SSSR count). The molecule has 0 aliphatic heterocycles. The monoisotopic (exact) mass is 284 g/mol. The second kappa shape index (κ2) is 6.21. The van der Waals surface area contributed by atoms with Crippen LogP contribution in [0.4, 0.5) is 4.39 Å². The van der Waals surface area contributed by atoms with Crippen LogP contribution in [0.25, 0.3) is 0 Å². The Kier molecular flexibility index (Phi) is 4.82. The molecule has 1 fully saturated rings. The molecule has 1 saturated carbocycles. The van der Waals surface area contributed by atoms with Crippen molar-refractivity contribution in [1.29, 1.82) is 0 Å².